The van der Waals surface area contributed by atoms with Crippen LogP contribution in [0.15, 0.2) is 30.3 Å². The average Bonchev–Trinajstić information content (AvgIpc) is 4.00. The maximum Gasteiger partial charge on any atom is 0.246 e. The number of nitrogens with zero attached hydrogens (tertiary/aromatic N) is 3. The highest BCUT2D eigenvalue weighted by Crippen LogP contribution is 2.29. The average molecular weight is 779 g/mol. The van der Waals surface area contributed by atoms with Crippen LogP contribution in [0.3, 0.4) is 0 Å². The molecule has 0 aliphatic carbocycles. The summed E-state index contributed by atoms with van der Waals surface area (Å²) in [6.45, 7) is 7.40. The van der Waals surface area contributed by atoms with Gasteiger partial charge in [0.15, 0.2) is 0 Å². The zero-order valence-corrected chi connectivity index (χ0v) is 33.0. The number of fused-ring (bicyclic) bond motifs is 3. The van der Waals surface area contributed by atoms with Crippen molar-refractivity contribution in [3.63, 3.8) is 0 Å². The number of hydrogen-bond acceptors (Lipinski definition) is 8. The predicted molar refractivity (Wildman–Crippen MR) is 205 cm³/mol. The van der Waals surface area contributed by atoms with Crippen molar-refractivity contribution in [2.24, 2.45) is 11.8 Å². The molecule has 16 heteroatoms. The number of hydrogen-bond donors (Lipinski definition) is 5. The van der Waals surface area contributed by atoms with Crippen molar-refractivity contribution in [1.29, 1.82) is 0 Å². The summed E-state index contributed by atoms with van der Waals surface area (Å²) < 4.78 is 0. The molecule has 0 radical (unpaired) electrons. The highest BCUT2D eigenvalue weighted by molar-refractivity contribution is 5.98. The van der Waals surface area contributed by atoms with Gasteiger partial charge in [-0.05, 0) is 55.9 Å². The van der Waals surface area contributed by atoms with Gasteiger partial charge in [0.2, 0.25) is 47.3 Å². The summed E-state index contributed by atoms with van der Waals surface area (Å²) >= 11 is 0. The van der Waals surface area contributed by atoms with Crippen molar-refractivity contribution >= 4 is 47.3 Å². The first-order valence-corrected chi connectivity index (χ1v) is 20.2. The summed E-state index contributed by atoms with van der Waals surface area (Å²) in [6.07, 6.45) is 4.07. The Morgan fingerprint density at radius 1 is 0.571 bits per heavy atom. The van der Waals surface area contributed by atoms with Crippen LogP contribution in [0.25, 0.3) is 0 Å². The molecule has 0 bridgehead atoms. The van der Waals surface area contributed by atoms with Crippen LogP contribution in [0.4, 0.5) is 0 Å². The van der Waals surface area contributed by atoms with E-state index in [4.69, 9.17) is 0 Å². The van der Waals surface area contributed by atoms with Crippen LogP contribution in [0.5, 0.6) is 0 Å². The fraction of sp³-hybridized carbons (Fsp3) is 0.650. The van der Waals surface area contributed by atoms with Gasteiger partial charge < -0.3 is 41.3 Å². The number of carbonyl (C=O) groups is 8. The van der Waals surface area contributed by atoms with Crippen LogP contribution in [0.1, 0.15) is 84.6 Å². The lowest BCUT2D eigenvalue weighted by atomic mass is 9.96. The summed E-state index contributed by atoms with van der Waals surface area (Å²) in [5.74, 6) is -4.72. The Morgan fingerprint density at radius 2 is 1.09 bits per heavy atom. The van der Waals surface area contributed by atoms with E-state index < -0.39 is 84.8 Å². The first-order chi connectivity index (χ1) is 26.8. The van der Waals surface area contributed by atoms with E-state index in [0.717, 1.165) is 5.56 Å². The summed E-state index contributed by atoms with van der Waals surface area (Å²) in [5.41, 5.74) is 0.747. The van der Waals surface area contributed by atoms with Crippen LogP contribution in [-0.2, 0) is 44.8 Å². The molecule has 0 saturated carbocycles. The molecule has 4 fully saturated rings. The van der Waals surface area contributed by atoms with Crippen molar-refractivity contribution in [2.45, 2.75) is 122 Å². The number of rotatable bonds is 6. The second-order valence-electron chi connectivity index (χ2n) is 15.6. The Hall–Kier alpha value is -5.02. The fourth-order valence-electron chi connectivity index (χ4n) is 8.15. The van der Waals surface area contributed by atoms with Gasteiger partial charge in [-0.15, -0.1) is 0 Å². The topological polar surface area (TPSA) is 206 Å². The molecule has 56 heavy (non-hydrogen) atoms. The molecule has 5 N–H and O–H groups in total. The van der Waals surface area contributed by atoms with Crippen molar-refractivity contribution in [1.82, 2.24) is 41.3 Å². The predicted octanol–water partition coefficient (Wildman–Crippen LogP) is -0.00530. The third-order valence-electron chi connectivity index (χ3n) is 11.9. The van der Waals surface area contributed by atoms with Crippen molar-refractivity contribution in [3.05, 3.63) is 35.9 Å². The second-order valence-corrected chi connectivity index (χ2v) is 15.6. The second kappa shape index (κ2) is 19.2. The number of amides is 8. The van der Waals surface area contributed by atoms with Crippen LogP contribution in [0, 0.1) is 11.8 Å². The lowest BCUT2D eigenvalue weighted by Gasteiger charge is -2.36. The number of carbonyl (C=O) groups excluding carboxylic acids is 8. The molecule has 8 amide bonds. The summed E-state index contributed by atoms with van der Waals surface area (Å²) in [5, 5.41) is 13.5. The standard InChI is InChI=1S/C40H58N8O8/c1-5-24(3)33-37(53)43-27(21-26-13-8-7-9-14-26)35(51)42-22-31(49)41-23-32(50)44-34(25(4)6-2)40(56)48-20-12-17-30(48)39(55)47-19-11-16-29(47)38(54)46-18-10-15-28(46)36(52)45-33/h7-9,13-14,24-25,27-30,33-34H,5-6,10-12,15-23H2,1-4H3,(H,41,49)(H,42,51)(H,43,53)(H,44,50)(H,45,52)/t24-,25-,27-,28-,29-,30-,33-,34-/m0/s1. The molecule has 306 valence electrons. The smallest absolute Gasteiger partial charge is 0.246 e. The first-order valence-electron chi connectivity index (χ1n) is 20.2. The Balaban J connectivity index is 1.45. The lowest BCUT2D eigenvalue weighted by Crippen LogP contribution is -2.60. The minimum Gasteiger partial charge on any atom is -0.346 e. The molecule has 0 aromatic heterocycles. The first kappa shape index (κ1) is 42.1. The van der Waals surface area contributed by atoms with E-state index in [9.17, 15) is 38.4 Å². The van der Waals surface area contributed by atoms with Gasteiger partial charge in [0.25, 0.3) is 0 Å². The van der Waals surface area contributed by atoms with Crippen LogP contribution in [-0.4, -0.2) is 131 Å². The van der Waals surface area contributed by atoms with Crippen molar-refractivity contribution in [3.8, 4) is 0 Å². The van der Waals surface area contributed by atoms with Gasteiger partial charge in [0.1, 0.15) is 36.3 Å². The van der Waals surface area contributed by atoms with Crippen LogP contribution >= 0.6 is 0 Å². The largest absolute Gasteiger partial charge is 0.346 e. The molecular formula is C40H58N8O8. The maximum absolute atomic E-state index is 14.3. The Labute approximate surface area is 328 Å². The summed E-state index contributed by atoms with van der Waals surface area (Å²) in [4.78, 5) is 115. The molecule has 1 aromatic carbocycles. The molecule has 4 saturated heterocycles. The molecule has 4 heterocycles. The molecule has 4 aliphatic rings. The maximum atomic E-state index is 14.3. The van der Waals surface area contributed by atoms with Gasteiger partial charge in [-0.1, -0.05) is 70.9 Å². The van der Waals surface area contributed by atoms with Gasteiger partial charge in [0.05, 0.1) is 13.1 Å². The van der Waals surface area contributed by atoms with E-state index in [1.165, 1.54) is 9.80 Å². The molecule has 8 atom stereocenters. The Kier molecular flexibility index (Phi) is 14.5. The number of nitrogens with one attached hydrogen (secondary N) is 5. The van der Waals surface area contributed by atoms with E-state index in [1.807, 2.05) is 33.8 Å². The molecular weight excluding hydrogens is 720 g/mol. The van der Waals surface area contributed by atoms with Gasteiger partial charge in [0, 0.05) is 26.1 Å². The lowest BCUT2D eigenvalue weighted by molar-refractivity contribution is -0.151. The molecule has 0 spiro atoms. The SMILES string of the molecule is CC[C@H](C)[C@@H]1NC(=O)[C@@H]2CCCN2C(=O)[C@@H]2CCCN2C(=O)[C@@H]2CCCN2C(=O)[C@H]([C@@H](C)CC)NC(=O)CNC(=O)CNC(=O)[C@H](Cc2ccccc2)NC1=O. The van der Waals surface area contributed by atoms with Crippen LogP contribution in [0.2, 0.25) is 0 Å². The molecule has 5 rings (SSSR count). The number of benzene rings is 1. The molecule has 4 aliphatic heterocycles. The molecule has 1 aromatic rings. The van der Waals surface area contributed by atoms with Gasteiger partial charge in [-0.25, -0.2) is 0 Å². The normalized spacial score (nSPS) is 28.9. The highest BCUT2D eigenvalue weighted by atomic mass is 16.2. The van der Waals surface area contributed by atoms with Gasteiger partial charge in [-0.2, -0.15) is 0 Å². The molecule has 16 nitrogen and oxygen atoms in total. The zero-order chi connectivity index (χ0) is 40.5. The van der Waals surface area contributed by atoms with Crippen molar-refractivity contribution < 1.29 is 38.4 Å². The highest BCUT2D eigenvalue weighted by Gasteiger charge is 2.47. The third-order valence-corrected chi connectivity index (χ3v) is 11.9. The molecule has 0 unspecified atom stereocenters. The van der Waals surface area contributed by atoms with E-state index in [-0.39, 0.29) is 30.1 Å². The monoisotopic (exact) mass is 778 g/mol. The van der Waals surface area contributed by atoms with Crippen LogP contribution < -0.4 is 26.6 Å². The van der Waals surface area contributed by atoms with Crippen molar-refractivity contribution in [2.75, 3.05) is 32.7 Å². The third kappa shape index (κ3) is 9.85. The fourth-order valence-corrected chi connectivity index (χ4v) is 8.15. The zero-order valence-electron chi connectivity index (χ0n) is 33.0. The minimum absolute atomic E-state index is 0.0913. The van der Waals surface area contributed by atoms with Gasteiger partial charge in [-0.3, -0.25) is 38.4 Å². The van der Waals surface area contributed by atoms with E-state index in [0.29, 0.717) is 71.0 Å². The van der Waals surface area contributed by atoms with E-state index >= 15 is 0 Å². The van der Waals surface area contributed by atoms with E-state index in [1.54, 1.807) is 29.2 Å². The quantitative estimate of drug-likeness (QED) is 0.265. The minimum atomic E-state index is -1.12. The summed E-state index contributed by atoms with van der Waals surface area (Å²) in [6, 6.07) is 3.41. The Morgan fingerprint density at radius 3 is 1.68 bits per heavy atom. The van der Waals surface area contributed by atoms with Gasteiger partial charge >= 0.3 is 0 Å². The summed E-state index contributed by atoms with van der Waals surface area (Å²) in [7, 11) is 0. The Bertz CT molecular complexity index is 1640. The van der Waals surface area contributed by atoms with E-state index in [2.05, 4.69) is 26.6 Å².